The van der Waals surface area contributed by atoms with E-state index in [1.54, 1.807) is 0 Å². The number of methoxy groups -OCH3 is 1. The van der Waals surface area contributed by atoms with Crippen LogP contribution in [0, 0.1) is 13.8 Å². The van der Waals surface area contributed by atoms with Crippen molar-refractivity contribution in [3.8, 4) is 5.75 Å². The summed E-state index contributed by atoms with van der Waals surface area (Å²) < 4.78 is 10.4. The Balaban J connectivity index is 2.83. The Morgan fingerprint density at radius 3 is 2.44 bits per heavy atom. The van der Waals surface area contributed by atoms with Crippen LogP contribution in [0.4, 0.5) is 0 Å². The van der Waals surface area contributed by atoms with E-state index >= 15 is 0 Å². The number of carbonyl (C=O) groups excluding carboxylic acids is 1. The minimum atomic E-state index is -0.172. The third-order valence-corrected chi connectivity index (χ3v) is 3.04. The van der Waals surface area contributed by atoms with Crippen LogP contribution in [0.2, 0.25) is 0 Å². The van der Waals surface area contributed by atoms with Crippen LogP contribution in [0.1, 0.15) is 37.0 Å². The van der Waals surface area contributed by atoms with Crippen molar-refractivity contribution in [3.05, 3.63) is 28.8 Å². The fourth-order valence-corrected chi connectivity index (χ4v) is 1.84. The maximum atomic E-state index is 11.1. The van der Waals surface area contributed by atoms with E-state index in [0.29, 0.717) is 12.8 Å². The predicted octanol–water partition coefficient (Wildman–Crippen LogP) is 3.20. The second kappa shape index (κ2) is 6.43. The summed E-state index contributed by atoms with van der Waals surface area (Å²) in [5, 5.41) is 0. The summed E-state index contributed by atoms with van der Waals surface area (Å²) in [5.74, 6) is 0.749. The van der Waals surface area contributed by atoms with E-state index < -0.39 is 0 Å². The van der Waals surface area contributed by atoms with Crippen LogP contribution in [0.25, 0.3) is 0 Å². The highest BCUT2D eigenvalue weighted by molar-refractivity contribution is 5.69. The van der Waals surface area contributed by atoms with Gasteiger partial charge in [0.15, 0.2) is 0 Å². The van der Waals surface area contributed by atoms with Gasteiger partial charge in [-0.2, -0.15) is 0 Å². The fraction of sp³-hybridized carbons (Fsp3) is 0.533. The van der Waals surface area contributed by atoms with Crippen molar-refractivity contribution in [1.29, 1.82) is 0 Å². The van der Waals surface area contributed by atoms with E-state index in [9.17, 15) is 4.79 Å². The molecule has 0 bridgehead atoms. The first kappa shape index (κ1) is 14.6. The van der Waals surface area contributed by atoms with Crippen molar-refractivity contribution in [2.45, 2.75) is 46.6 Å². The second-order valence-corrected chi connectivity index (χ2v) is 4.72. The Bertz CT molecular complexity index is 422. The Morgan fingerprint density at radius 1 is 1.22 bits per heavy atom. The monoisotopic (exact) mass is 250 g/mol. The summed E-state index contributed by atoms with van der Waals surface area (Å²) in [4.78, 5) is 11.1. The SMILES string of the molecule is COC(=O)CCc1ccc(OC(C)C)c(C)c1C. The molecule has 100 valence electrons. The van der Waals surface area contributed by atoms with Crippen LogP contribution in [-0.4, -0.2) is 19.2 Å². The van der Waals surface area contributed by atoms with Crippen LogP contribution in [0.5, 0.6) is 5.75 Å². The van der Waals surface area contributed by atoms with Crippen LogP contribution < -0.4 is 4.74 Å². The Morgan fingerprint density at radius 2 is 1.89 bits per heavy atom. The molecule has 0 spiro atoms. The van der Waals surface area contributed by atoms with Crippen molar-refractivity contribution in [2.24, 2.45) is 0 Å². The van der Waals surface area contributed by atoms with Gasteiger partial charge in [0.25, 0.3) is 0 Å². The van der Waals surface area contributed by atoms with Crippen molar-refractivity contribution in [2.75, 3.05) is 7.11 Å². The summed E-state index contributed by atoms with van der Waals surface area (Å²) in [7, 11) is 1.42. The molecule has 0 radical (unpaired) electrons. The highest BCUT2D eigenvalue weighted by atomic mass is 16.5. The molecule has 0 aliphatic heterocycles. The number of hydrogen-bond donors (Lipinski definition) is 0. The number of benzene rings is 1. The molecule has 0 atom stereocenters. The fourth-order valence-electron chi connectivity index (χ4n) is 1.84. The van der Waals surface area contributed by atoms with Gasteiger partial charge in [-0.15, -0.1) is 0 Å². The number of rotatable bonds is 5. The van der Waals surface area contributed by atoms with Gasteiger partial charge in [-0.05, 0) is 56.9 Å². The first-order valence-corrected chi connectivity index (χ1v) is 6.28. The van der Waals surface area contributed by atoms with Gasteiger partial charge in [0.2, 0.25) is 0 Å². The summed E-state index contributed by atoms with van der Waals surface area (Å²) in [6.45, 7) is 8.14. The molecule has 3 heteroatoms. The third kappa shape index (κ3) is 3.76. The number of ether oxygens (including phenoxy) is 2. The molecule has 1 aromatic carbocycles. The van der Waals surface area contributed by atoms with Gasteiger partial charge in [0.05, 0.1) is 13.2 Å². The molecule has 0 fully saturated rings. The van der Waals surface area contributed by atoms with Crippen LogP contribution >= 0.6 is 0 Å². The molecule has 18 heavy (non-hydrogen) atoms. The van der Waals surface area contributed by atoms with Crippen LogP contribution in [-0.2, 0) is 16.0 Å². The van der Waals surface area contributed by atoms with Crippen molar-refractivity contribution in [3.63, 3.8) is 0 Å². The Hall–Kier alpha value is -1.51. The van der Waals surface area contributed by atoms with Crippen LogP contribution in [0.3, 0.4) is 0 Å². The zero-order chi connectivity index (χ0) is 13.7. The van der Waals surface area contributed by atoms with Crippen molar-refractivity contribution < 1.29 is 14.3 Å². The van der Waals surface area contributed by atoms with Gasteiger partial charge < -0.3 is 9.47 Å². The highest BCUT2D eigenvalue weighted by Gasteiger charge is 2.10. The molecule has 1 rings (SSSR count). The number of esters is 1. The molecule has 0 saturated heterocycles. The molecule has 0 heterocycles. The smallest absolute Gasteiger partial charge is 0.305 e. The van der Waals surface area contributed by atoms with Crippen molar-refractivity contribution >= 4 is 5.97 Å². The van der Waals surface area contributed by atoms with Gasteiger partial charge in [0.1, 0.15) is 5.75 Å². The maximum absolute atomic E-state index is 11.1. The largest absolute Gasteiger partial charge is 0.491 e. The molecular formula is C15H22O3. The van der Waals surface area contributed by atoms with E-state index in [1.807, 2.05) is 26.0 Å². The minimum absolute atomic E-state index is 0.170. The van der Waals surface area contributed by atoms with Gasteiger partial charge in [0, 0.05) is 6.42 Å². The molecule has 0 aromatic heterocycles. The predicted molar refractivity (Wildman–Crippen MR) is 72.0 cm³/mol. The molecule has 0 amide bonds. The summed E-state index contributed by atoms with van der Waals surface area (Å²) >= 11 is 0. The molecule has 1 aromatic rings. The average molecular weight is 250 g/mol. The van der Waals surface area contributed by atoms with E-state index in [1.165, 1.54) is 18.2 Å². The molecule has 0 N–H and O–H groups in total. The number of hydrogen-bond acceptors (Lipinski definition) is 3. The summed E-state index contributed by atoms with van der Waals surface area (Å²) in [6.07, 6.45) is 1.30. The van der Waals surface area contributed by atoms with Gasteiger partial charge >= 0.3 is 5.97 Å². The topological polar surface area (TPSA) is 35.5 Å². The average Bonchev–Trinajstić information content (AvgIpc) is 2.33. The van der Waals surface area contributed by atoms with E-state index in [4.69, 9.17) is 4.74 Å². The molecule has 0 unspecified atom stereocenters. The second-order valence-electron chi connectivity index (χ2n) is 4.72. The van der Waals surface area contributed by atoms with E-state index in [0.717, 1.165) is 11.3 Å². The Labute approximate surface area is 109 Å². The molecular weight excluding hydrogens is 228 g/mol. The minimum Gasteiger partial charge on any atom is -0.491 e. The van der Waals surface area contributed by atoms with E-state index in [2.05, 4.69) is 18.6 Å². The first-order chi connectivity index (χ1) is 8.45. The summed E-state index contributed by atoms with van der Waals surface area (Å²) in [6, 6.07) is 4.01. The lowest BCUT2D eigenvalue weighted by atomic mass is 9.99. The lowest BCUT2D eigenvalue weighted by Gasteiger charge is -2.16. The number of aryl methyl sites for hydroxylation is 1. The lowest BCUT2D eigenvalue weighted by Crippen LogP contribution is -2.08. The molecule has 0 saturated carbocycles. The van der Waals surface area contributed by atoms with E-state index in [-0.39, 0.29) is 12.1 Å². The number of carbonyl (C=O) groups is 1. The highest BCUT2D eigenvalue weighted by Crippen LogP contribution is 2.26. The van der Waals surface area contributed by atoms with Gasteiger partial charge in [-0.25, -0.2) is 0 Å². The molecule has 3 nitrogen and oxygen atoms in total. The lowest BCUT2D eigenvalue weighted by molar-refractivity contribution is -0.140. The zero-order valence-electron chi connectivity index (χ0n) is 11.9. The quantitative estimate of drug-likeness (QED) is 0.753. The first-order valence-electron chi connectivity index (χ1n) is 6.28. The third-order valence-electron chi connectivity index (χ3n) is 3.04. The Kier molecular flexibility index (Phi) is 5.20. The molecule has 0 aliphatic carbocycles. The van der Waals surface area contributed by atoms with Gasteiger partial charge in [-0.1, -0.05) is 6.07 Å². The van der Waals surface area contributed by atoms with Crippen molar-refractivity contribution in [1.82, 2.24) is 0 Å². The zero-order valence-corrected chi connectivity index (χ0v) is 11.9. The normalized spacial score (nSPS) is 10.6. The standard InChI is InChI=1S/C15H22O3/c1-10(2)18-14-8-6-13(11(3)12(14)4)7-9-15(16)17-5/h6,8,10H,7,9H2,1-5H3. The molecule has 0 aliphatic rings. The maximum Gasteiger partial charge on any atom is 0.305 e. The van der Waals surface area contributed by atoms with Gasteiger partial charge in [-0.3, -0.25) is 4.79 Å². The summed E-state index contributed by atoms with van der Waals surface area (Å²) in [5.41, 5.74) is 3.51. The van der Waals surface area contributed by atoms with Crippen LogP contribution in [0.15, 0.2) is 12.1 Å².